The van der Waals surface area contributed by atoms with Crippen molar-refractivity contribution in [1.82, 2.24) is 0 Å². The first-order valence-corrected chi connectivity index (χ1v) is 3.48. The number of rotatable bonds is 1. The Labute approximate surface area is 63.0 Å². The van der Waals surface area contributed by atoms with Gasteiger partial charge in [-0.1, -0.05) is 0 Å². The van der Waals surface area contributed by atoms with Gasteiger partial charge >= 0.3 is 0 Å². The molecule has 0 atom stereocenters. The summed E-state index contributed by atoms with van der Waals surface area (Å²) in [5.74, 6) is 0. The van der Waals surface area contributed by atoms with Gasteiger partial charge in [0.05, 0.1) is 9.92 Å². The van der Waals surface area contributed by atoms with Gasteiger partial charge in [0.25, 0.3) is 0 Å². The van der Waals surface area contributed by atoms with Gasteiger partial charge in [-0.05, 0) is 36.4 Å². The molecule has 0 aliphatic rings. The van der Waals surface area contributed by atoms with Gasteiger partial charge < -0.3 is 5.73 Å². The van der Waals surface area contributed by atoms with Crippen LogP contribution >= 0.6 is 22.6 Å². The average molecular weight is 224 g/mol. The van der Waals surface area contributed by atoms with Crippen LogP contribution in [-0.2, 0) is 0 Å². The maximum Gasteiger partial charge on any atom is 0.0655 e. The Balaban J connectivity index is 4.00. The molecule has 46 valence electrons. The van der Waals surface area contributed by atoms with E-state index in [9.17, 15) is 0 Å². The zero-order valence-corrected chi connectivity index (χ0v) is 7.14. The summed E-state index contributed by atoms with van der Waals surface area (Å²) in [6.45, 7) is 3.71. The molecule has 0 saturated carbocycles. The summed E-state index contributed by atoms with van der Waals surface area (Å²) in [6, 6.07) is 0. The normalized spacial score (nSPS) is 14.4. The molecule has 0 aromatic heterocycles. The molecule has 0 fully saturated rings. The van der Waals surface area contributed by atoms with Gasteiger partial charge in [0.15, 0.2) is 0 Å². The van der Waals surface area contributed by atoms with Gasteiger partial charge in [-0.25, -0.2) is 0 Å². The largest absolute Gasteiger partial charge is 0.401 e. The van der Waals surface area contributed by atoms with Gasteiger partial charge in [0.1, 0.15) is 0 Å². The average Bonchev–Trinajstić information content (AvgIpc) is 1.67. The molecule has 0 radical (unpaired) electrons. The second-order valence-corrected chi connectivity index (χ2v) is 2.05. The fourth-order valence-electron chi connectivity index (χ4n) is 0.175. The number of hydrogen-bond acceptors (Lipinski definition) is 2. The Morgan fingerprint density at radius 2 is 2.12 bits per heavy atom. The number of hydrogen-bond donors (Lipinski definition) is 1. The van der Waals surface area contributed by atoms with E-state index in [1.165, 1.54) is 0 Å². The predicted octanol–water partition coefficient (Wildman–Crippen LogP) is 1.66. The van der Waals surface area contributed by atoms with Gasteiger partial charge in [-0.3, -0.25) is 4.99 Å². The zero-order valence-electron chi connectivity index (χ0n) is 4.98. The third kappa shape index (κ3) is 3.01. The van der Waals surface area contributed by atoms with E-state index in [4.69, 9.17) is 5.73 Å². The molecule has 0 aromatic rings. The summed E-state index contributed by atoms with van der Waals surface area (Å²) in [7, 11) is 0. The van der Waals surface area contributed by atoms with Crippen molar-refractivity contribution in [1.29, 1.82) is 0 Å². The Morgan fingerprint density at radius 1 is 1.62 bits per heavy atom. The van der Waals surface area contributed by atoms with Crippen LogP contribution in [0.4, 0.5) is 0 Å². The second kappa shape index (κ2) is 3.88. The first kappa shape index (κ1) is 7.94. The molecule has 0 spiro atoms. The lowest BCUT2D eigenvalue weighted by molar-refractivity contribution is 1.16. The molecular weight excluding hydrogens is 215 g/mol. The summed E-state index contributed by atoms with van der Waals surface area (Å²) < 4.78 is 1.70. The smallest absolute Gasteiger partial charge is 0.0655 e. The number of halogens is 1. The summed E-state index contributed by atoms with van der Waals surface area (Å²) in [5.41, 5.74) is 7.05. The molecule has 0 unspecified atom stereocenters. The van der Waals surface area contributed by atoms with E-state index < -0.39 is 0 Å². The Morgan fingerprint density at radius 3 is 2.25 bits per heavy atom. The quantitative estimate of drug-likeness (QED) is 0.533. The fraction of sp³-hybridized carbons (Fsp3) is 0.400. The predicted molar refractivity (Wildman–Crippen MR) is 45.1 cm³/mol. The third-order valence-corrected chi connectivity index (χ3v) is 1.09. The van der Waals surface area contributed by atoms with Crippen LogP contribution in [0.25, 0.3) is 0 Å². The lowest BCUT2D eigenvalue weighted by Crippen LogP contribution is -1.92. The van der Waals surface area contributed by atoms with E-state index in [-0.39, 0.29) is 0 Å². The SMILES string of the molecule is C/C(N)=C(\C)N=CI. The molecule has 0 aromatic carbocycles. The topological polar surface area (TPSA) is 38.4 Å². The highest BCUT2D eigenvalue weighted by Crippen LogP contribution is 1.97. The van der Waals surface area contributed by atoms with Gasteiger partial charge in [-0.2, -0.15) is 0 Å². The molecular formula is C5H9IN2. The minimum Gasteiger partial charge on any atom is -0.401 e. The third-order valence-electron chi connectivity index (χ3n) is 0.813. The highest BCUT2D eigenvalue weighted by Gasteiger charge is 1.83. The molecule has 3 heteroatoms. The Hall–Kier alpha value is -0.0600. The van der Waals surface area contributed by atoms with E-state index in [1.807, 2.05) is 13.8 Å². The van der Waals surface area contributed by atoms with E-state index in [1.54, 1.807) is 4.22 Å². The van der Waals surface area contributed by atoms with Crippen LogP contribution in [0.15, 0.2) is 16.4 Å². The molecule has 2 N–H and O–H groups in total. The summed E-state index contributed by atoms with van der Waals surface area (Å²) >= 11 is 2.05. The van der Waals surface area contributed by atoms with Crippen LogP contribution in [0.1, 0.15) is 13.8 Å². The zero-order chi connectivity index (χ0) is 6.57. The van der Waals surface area contributed by atoms with Crippen LogP contribution in [0.3, 0.4) is 0 Å². The van der Waals surface area contributed by atoms with Gasteiger partial charge in [0.2, 0.25) is 0 Å². The molecule has 2 nitrogen and oxygen atoms in total. The highest BCUT2D eigenvalue weighted by molar-refractivity contribution is 14.1. The summed E-state index contributed by atoms with van der Waals surface area (Å²) in [6.07, 6.45) is 0. The van der Waals surface area contributed by atoms with Crippen LogP contribution in [-0.4, -0.2) is 4.22 Å². The van der Waals surface area contributed by atoms with Crippen LogP contribution in [0.2, 0.25) is 0 Å². The molecule has 0 amide bonds. The molecule has 0 heterocycles. The van der Waals surface area contributed by atoms with Crippen molar-refractivity contribution in [2.75, 3.05) is 0 Å². The van der Waals surface area contributed by atoms with Gasteiger partial charge in [-0.15, -0.1) is 0 Å². The van der Waals surface area contributed by atoms with Crippen molar-refractivity contribution in [2.24, 2.45) is 10.7 Å². The van der Waals surface area contributed by atoms with Crippen molar-refractivity contribution in [3.63, 3.8) is 0 Å². The first-order valence-electron chi connectivity index (χ1n) is 2.24. The fourth-order valence-corrected chi connectivity index (χ4v) is 0.593. The standard InChI is InChI=1S/C5H9IN2/c1-4(7)5(2)8-3-6/h3H,7H2,1-2H3/b5-4-,8-3?. The number of nitrogens with two attached hydrogens (primary N) is 1. The summed E-state index contributed by atoms with van der Waals surface area (Å²) in [5, 5.41) is 0. The molecule has 0 rings (SSSR count). The van der Waals surface area contributed by atoms with Crippen molar-refractivity contribution in [3.05, 3.63) is 11.4 Å². The number of allylic oxidation sites excluding steroid dienone is 2. The minimum absolute atomic E-state index is 0.776. The molecule has 0 aliphatic carbocycles. The summed E-state index contributed by atoms with van der Waals surface area (Å²) in [4.78, 5) is 3.94. The maximum atomic E-state index is 5.38. The molecule has 8 heavy (non-hydrogen) atoms. The van der Waals surface area contributed by atoms with E-state index in [2.05, 4.69) is 27.6 Å². The number of aliphatic imine (C=N–C) groups is 1. The Kier molecular flexibility index (Phi) is 3.85. The van der Waals surface area contributed by atoms with Crippen LogP contribution in [0, 0.1) is 0 Å². The molecule has 0 aliphatic heterocycles. The van der Waals surface area contributed by atoms with Crippen LogP contribution < -0.4 is 5.73 Å². The lowest BCUT2D eigenvalue weighted by atomic mass is 10.4. The molecule has 0 bridgehead atoms. The first-order chi connectivity index (χ1) is 3.68. The monoisotopic (exact) mass is 224 g/mol. The van der Waals surface area contributed by atoms with Gasteiger partial charge in [0, 0.05) is 5.70 Å². The highest BCUT2D eigenvalue weighted by atomic mass is 127. The van der Waals surface area contributed by atoms with Crippen molar-refractivity contribution < 1.29 is 0 Å². The Bertz CT molecular complexity index is 122. The molecule has 0 saturated heterocycles. The van der Waals surface area contributed by atoms with E-state index in [0.717, 1.165) is 11.4 Å². The van der Waals surface area contributed by atoms with Crippen LogP contribution in [0.5, 0.6) is 0 Å². The van der Waals surface area contributed by atoms with Crippen molar-refractivity contribution in [3.8, 4) is 0 Å². The number of nitrogens with zero attached hydrogens (tertiary/aromatic N) is 1. The lowest BCUT2D eigenvalue weighted by Gasteiger charge is -1.91. The minimum atomic E-state index is 0.776. The van der Waals surface area contributed by atoms with Crippen molar-refractivity contribution >= 4 is 26.8 Å². The van der Waals surface area contributed by atoms with E-state index in [0.29, 0.717) is 0 Å². The maximum absolute atomic E-state index is 5.38. The van der Waals surface area contributed by atoms with E-state index >= 15 is 0 Å². The van der Waals surface area contributed by atoms with Crippen molar-refractivity contribution in [2.45, 2.75) is 13.8 Å². The second-order valence-electron chi connectivity index (χ2n) is 1.50.